The number of aliphatic hydroxyl groups excluding tert-OH is 1. The van der Waals surface area contributed by atoms with Crippen molar-refractivity contribution in [2.24, 2.45) is 5.92 Å². The summed E-state index contributed by atoms with van der Waals surface area (Å²) in [5.74, 6) is -0.194. The average molecular weight is 274 g/mol. The minimum Gasteiger partial charge on any atom is -0.392 e. The summed E-state index contributed by atoms with van der Waals surface area (Å²) < 4.78 is 1.64. The monoisotopic (exact) mass is 274 g/mol. The maximum absolute atomic E-state index is 12.0. The van der Waals surface area contributed by atoms with Gasteiger partial charge in [0, 0.05) is 6.54 Å². The van der Waals surface area contributed by atoms with Gasteiger partial charge in [0.25, 0.3) is 0 Å². The third-order valence-electron chi connectivity index (χ3n) is 3.05. The summed E-state index contributed by atoms with van der Waals surface area (Å²) in [4.78, 5) is 15.8. The zero-order valence-corrected chi connectivity index (χ0v) is 11.4. The van der Waals surface area contributed by atoms with E-state index in [1.165, 1.54) is 6.33 Å². The normalized spacial score (nSPS) is 12.1. The van der Waals surface area contributed by atoms with Gasteiger partial charge < -0.3 is 10.4 Å². The van der Waals surface area contributed by atoms with Crippen LogP contribution in [-0.2, 0) is 24.5 Å². The number of carbonyl (C=O) groups excluding carboxylic acids is 1. The topological polar surface area (TPSA) is 80.0 Å². The summed E-state index contributed by atoms with van der Waals surface area (Å²) in [7, 11) is 0. The van der Waals surface area contributed by atoms with E-state index < -0.39 is 0 Å². The van der Waals surface area contributed by atoms with Crippen LogP contribution >= 0.6 is 0 Å². The van der Waals surface area contributed by atoms with E-state index in [1.807, 2.05) is 31.2 Å². The van der Waals surface area contributed by atoms with E-state index in [0.717, 1.165) is 11.1 Å². The highest BCUT2D eigenvalue weighted by Crippen LogP contribution is 2.05. The number of rotatable bonds is 6. The van der Waals surface area contributed by atoms with Gasteiger partial charge in [-0.3, -0.25) is 9.48 Å². The Kier molecular flexibility index (Phi) is 4.84. The fourth-order valence-electron chi connectivity index (χ4n) is 1.82. The molecule has 20 heavy (non-hydrogen) atoms. The van der Waals surface area contributed by atoms with E-state index in [1.54, 1.807) is 11.0 Å². The molecule has 2 N–H and O–H groups in total. The number of nitrogens with one attached hydrogen (secondary N) is 1. The molecule has 0 radical (unpaired) electrons. The molecule has 1 heterocycles. The number of carbonyl (C=O) groups is 1. The van der Waals surface area contributed by atoms with E-state index in [-0.39, 0.29) is 18.4 Å². The maximum atomic E-state index is 12.0. The van der Waals surface area contributed by atoms with Crippen LogP contribution < -0.4 is 5.32 Å². The zero-order chi connectivity index (χ0) is 14.4. The van der Waals surface area contributed by atoms with Crippen LogP contribution in [0.1, 0.15) is 18.1 Å². The molecule has 0 spiro atoms. The van der Waals surface area contributed by atoms with Crippen molar-refractivity contribution in [3.05, 3.63) is 48.0 Å². The van der Waals surface area contributed by atoms with Crippen molar-refractivity contribution < 1.29 is 9.90 Å². The van der Waals surface area contributed by atoms with Crippen molar-refractivity contribution in [1.29, 1.82) is 0 Å². The van der Waals surface area contributed by atoms with E-state index in [9.17, 15) is 4.79 Å². The molecule has 1 atom stereocenters. The highest BCUT2D eigenvalue weighted by molar-refractivity contribution is 5.78. The van der Waals surface area contributed by atoms with Gasteiger partial charge >= 0.3 is 0 Å². The Morgan fingerprint density at radius 3 is 2.65 bits per heavy atom. The maximum Gasteiger partial charge on any atom is 0.224 e. The van der Waals surface area contributed by atoms with Crippen LogP contribution in [0.5, 0.6) is 0 Å². The van der Waals surface area contributed by atoms with Gasteiger partial charge in [0.2, 0.25) is 5.91 Å². The quantitative estimate of drug-likeness (QED) is 0.813. The summed E-state index contributed by atoms with van der Waals surface area (Å²) >= 11 is 0. The van der Waals surface area contributed by atoms with Gasteiger partial charge in [0.05, 0.1) is 19.1 Å². The number of aromatic nitrogens is 3. The first-order valence-corrected chi connectivity index (χ1v) is 6.48. The molecule has 1 unspecified atom stereocenters. The predicted molar refractivity (Wildman–Crippen MR) is 73.4 cm³/mol. The second-order valence-electron chi connectivity index (χ2n) is 4.71. The zero-order valence-electron chi connectivity index (χ0n) is 11.4. The fourth-order valence-corrected chi connectivity index (χ4v) is 1.82. The molecule has 0 saturated heterocycles. The highest BCUT2D eigenvalue weighted by Gasteiger charge is 2.13. The standard InChI is InChI=1S/C14H18N4O2/c1-11(7-18-10-15-9-17-18)14(20)16-6-12-2-4-13(8-19)5-3-12/h2-5,9-11,19H,6-8H2,1H3,(H,16,20). The molecule has 1 aromatic carbocycles. The van der Waals surface area contributed by atoms with E-state index in [0.29, 0.717) is 13.1 Å². The van der Waals surface area contributed by atoms with Gasteiger partial charge in [0.15, 0.2) is 0 Å². The minimum atomic E-state index is -0.173. The summed E-state index contributed by atoms with van der Waals surface area (Å²) in [5.41, 5.74) is 1.86. The molecule has 2 aromatic rings. The molecule has 106 valence electrons. The molecule has 0 aliphatic rings. The summed E-state index contributed by atoms with van der Waals surface area (Å²) in [5, 5.41) is 15.8. The first-order chi connectivity index (χ1) is 9.69. The lowest BCUT2D eigenvalue weighted by atomic mass is 10.1. The summed E-state index contributed by atoms with van der Waals surface area (Å²) in [6, 6.07) is 7.49. The second kappa shape index (κ2) is 6.81. The van der Waals surface area contributed by atoms with Crippen molar-refractivity contribution in [3.8, 4) is 0 Å². The van der Waals surface area contributed by atoms with Crippen LogP contribution in [0.3, 0.4) is 0 Å². The average Bonchev–Trinajstić information content (AvgIpc) is 2.98. The van der Waals surface area contributed by atoms with Gasteiger partial charge in [-0.2, -0.15) is 5.10 Å². The van der Waals surface area contributed by atoms with Crippen molar-refractivity contribution in [2.75, 3.05) is 0 Å². The molecule has 0 aliphatic carbocycles. The summed E-state index contributed by atoms with van der Waals surface area (Å²) in [6.07, 6.45) is 3.05. The number of hydrogen-bond acceptors (Lipinski definition) is 4. The van der Waals surface area contributed by atoms with E-state index >= 15 is 0 Å². The molecular formula is C14H18N4O2. The second-order valence-corrected chi connectivity index (χ2v) is 4.71. The number of hydrogen-bond donors (Lipinski definition) is 2. The number of benzene rings is 1. The van der Waals surface area contributed by atoms with Crippen molar-refractivity contribution in [3.63, 3.8) is 0 Å². The van der Waals surface area contributed by atoms with Crippen molar-refractivity contribution in [2.45, 2.75) is 26.6 Å². The van der Waals surface area contributed by atoms with Crippen LogP contribution in [0.15, 0.2) is 36.9 Å². The van der Waals surface area contributed by atoms with Crippen LogP contribution in [0, 0.1) is 5.92 Å². The van der Waals surface area contributed by atoms with Gasteiger partial charge in [0.1, 0.15) is 12.7 Å². The first kappa shape index (κ1) is 14.2. The molecule has 1 amide bonds. The Hall–Kier alpha value is -2.21. The number of aliphatic hydroxyl groups is 1. The molecule has 2 rings (SSSR count). The predicted octanol–water partition coefficient (Wildman–Crippen LogP) is 0.723. The Bertz CT molecular complexity index is 537. The third-order valence-corrected chi connectivity index (χ3v) is 3.05. The van der Waals surface area contributed by atoms with Crippen LogP contribution in [0.25, 0.3) is 0 Å². The first-order valence-electron chi connectivity index (χ1n) is 6.48. The fraction of sp³-hybridized carbons (Fsp3) is 0.357. The Balaban J connectivity index is 1.81. The Morgan fingerprint density at radius 1 is 1.35 bits per heavy atom. The number of nitrogens with zero attached hydrogens (tertiary/aromatic N) is 3. The lowest BCUT2D eigenvalue weighted by Gasteiger charge is -2.12. The smallest absolute Gasteiger partial charge is 0.224 e. The molecule has 0 bridgehead atoms. The SMILES string of the molecule is CC(Cn1cncn1)C(=O)NCc1ccc(CO)cc1. The largest absolute Gasteiger partial charge is 0.392 e. The molecule has 6 nitrogen and oxygen atoms in total. The lowest BCUT2D eigenvalue weighted by molar-refractivity contribution is -0.125. The lowest BCUT2D eigenvalue weighted by Crippen LogP contribution is -2.31. The van der Waals surface area contributed by atoms with E-state index in [4.69, 9.17) is 5.11 Å². The molecular weight excluding hydrogens is 256 g/mol. The molecule has 0 aliphatic heterocycles. The van der Waals surface area contributed by atoms with Crippen LogP contribution in [0.2, 0.25) is 0 Å². The molecule has 0 saturated carbocycles. The minimum absolute atomic E-state index is 0.0215. The highest BCUT2D eigenvalue weighted by atomic mass is 16.3. The van der Waals surface area contributed by atoms with Gasteiger partial charge in [-0.25, -0.2) is 4.98 Å². The Morgan fingerprint density at radius 2 is 2.05 bits per heavy atom. The van der Waals surface area contributed by atoms with E-state index in [2.05, 4.69) is 15.4 Å². The third kappa shape index (κ3) is 3.89. The van der Waals surface area contributed by atoms with Gasteiger partial charge in [-0.05, 0) is 11.1 Å². The summed E-state index contributed by atoms with van der Waals surface area (Å²) in [6.45, 7) is 2.87. The Labute approximate surface area is 117 Å². The van der Waals surface area contributed by atoms with Crippen LogP contribution in [-0.4, -0.2) is 25.8 Å². The number of amides is 1. The van der Waals surface area contributed by atoms with Crippen LogP contribution in [0.4, 0.5) is 0 Å². The molecule has 0 fully saturated rings. The van der Waals surface area contributed by atoms with Gasteiger partial charge in [-0.1, -0.05) is 31.2 Å². The molecule has 6 heteroatoms. The molecule has 1 aromatic heterocycles. The van der Waals surface area contributed by atoms with Crippen molar-refractivity contribution >= 4 is 5.91 Å². The van der Waals surface area contributed by atoms with Gasteiger partial charge in [-0.15, -0.1) is 0 Å². The van der Waals surface area contributed by atoms with Crippen molar-refractivity contribution in [1.82, 2.24) is 20.1 Å².